The van der Waals surface area contributed by atoms with E-state index >= 15 is 0 Å². The number of aromatic nitrogens is 3. The molecular weight excluding hydrogens is 509 g/mol. The second-order valence-electron chi connectivity index (χ2n) is 6.69. The summed E-state index contributed by atoms with van der Waals surface area (Å²) in [6, 6.07) is 0. The molecule has 0 spiro atoms. The van der Waals surface area contributed by atoms with Crippen LogP contribution < -0.4 is 0 Å². The number of hydrogen-bond acceptors (Lipinski definition) is 6. The minimum Gasteiger partial charge on any atom is -0.388 e. The van der Waals surface area contributed by atoms with Gasteiger partial charge in [-0.3, -0.25) is 0 Å². The van der Waals surface area contributed by atoms with Crippen LogP contribution in [0.5, 0.6) is 0 Å². The fraction of sp³-hybridized carbons (Fsp3) is 0.846. The van der Waals surface area contributed by atoms with Crippen molar-refractivity contribution in [1.29, 1.82) is 0 Å². The molecule has 0 aromatic carbocycles. The van der Waals surface area contributed by atoms with Gasteiger partial charge in [-0.15, -0.1) is 5.10 Å². The Morgan fingerprint density at radius 2 is 1.24 bits per heavy atom. The van der Waals surface area contributed by atoms with E-state index in [0.717, 1.165) is 0 Å². The van der Waals surface area contributed by atoms with Gasteiger partial charge < -0.3 is 20.1 Å². The SMILES string of the molecule is O[C@@H]1[C@@H](O)[C@H](n2cnc(C(F)(F)C(F)(F)C(F)(F)C(F)(F)C(F)(F)C(F)(F)F)n2)OC[C@H]1O. The summed E-state index contributed by atoms with van der Waals surface area (Å²) in [4.78, 5) is 2.41. The summed E-state index contributed by atoms with van der Waals surface area (Å²) < 4.78 is 176. The Morgan fingerprint density at radius 1 is 0.758 bits per heavy atom. The number of ether oxygens (including phenoxy) is 1. The molecule has 2 rings (SSSR count). The lowest BCUT2D eigenvalue weighted by molar-refractivity contribution is -0.442. The van der Waals surface area contributed by atoms with E-state index in [1.165, 1.54) is 0 Å². The van der Waals surface area contributed by atoms with E-state index in [4.69, 9.17) is 0 Å². The van der Waals surface area contributed by atoms with Gasteiger partial charge in [0, 0.05) is 0 Å². The molecule has 0 bridgehead atoms. The van der Waals surface area contributed by atoms with Crippen LogP contribution in [0.15, 0.2) is 6.33 Å². The van der Waals surface area contributed by atoms with Gasteiger partial charge in [0.15, 0.2) is 6.23 Å². The van der Waals surface area contributed by atoms with Crippen molar-refractivity contribution >= 4 is 0 Å². The molecule has 0 aliphatic carbocycles. The van der Waals surface area contributed by atoms with Gasteiger partial charge in [-0.2, -0.15) is 57.1 Å². The molecule has 4 atom stereocenters. The maximum absolute atomic E-state index is 14.0. The maximum Gasteiger partial charge on any atom is 0.460 e. The van der Waals surface area contributed by atoms with Crippen LogP contribution in [0.1, 0.15) is 12.1 Å². The predicted molar refractivity (Wildman–Crippen MR) is 72.8 cm³/mol. The van der Waals surface area contributed by atoms with E-state index in [1.807, 2.05) is 0 Å². The highest BCUT2D eigenvalue weighted by atomic mass is 19.4. The predicted octanol–water partition coefficient (Wildman–Crippen LogP) is 2.08. The molecule has 0 unspecified atom stereocenters. The highest BCUT2D eigenvalue weighted by molar-refractivity contribution is 5.14. The Morgan fingerprint density at radius 3 is 1.73 bits per heavy atom. The molecule has 20 heteroatoms. The van der Waals surface area contributed by atoms with Gasteiger partial charge in [0.2, 0.25) is 5.82 Å². The number of rotatable bonds is 6. The molecule has 1 fully saturated rings. The fourth-order valence-corrected chi connectivity index (χ4v) is 2.47. The summed E-state index contributed by atoms with van der Waals surface area (Å²) in [5, 5.41) is 30.9. The largest absolute Gasteiger partial charge is 0.460 e. The van der Waals surface area contributed by atoms with Crippen molar-refractivity contribution in [2.75, 3.05) is 6.61 Å². The van der Waals surface area contributed by atoms with Crippen molar-refractivity contribution in [3.8, 4) is 0 Å². The number of hydrogen-bond donors (Lipinski definition) is 3. The van der Waals surface area contributed by atoms with Gasteiger partial charge in [-0.25, -0.2) is 9.67 Å². The average molecular weight is 519 g/mol. The van der Waals surface area contributed by atoms with Crippen LogP contribution in [0.2, 0.25) is 0 Å². The van der Waals surface area contributed by atoms with Crippen LogP contribution >= 0.6 is 0 Å². The molecule has 7 nitrogen and oxygen atoms in total. The maximum atomic E-state index is 14.0. The molecule has 1 aliphatic rings. The zero-order chi connectivity index (χ0) is 26.0. The average Bonchev–Trinajstić information content (AvgIpc) is 3.15. The molecule has 2 heterocycles. The minimum absolute atomic E-state index is 0.0295. The summed E-state index contributed by atoms with van der Waals surface area (Å²) in [7, 11) is 0. The third kappa shape index (κ3) is 3.79. The van der Waals surface area contributed by atoms with Crippen molar-refractivity contribution in [3.63, 3.8) is 0 Å². The Hall–Kier alpha value is -1.93. The van der Waals surface area contributed by atoms with Crippen LogP contribution in [0.25, 0.3) is 0 Å². The number of nitrogens with zero attached hydrogens (tertiary/aromatic N) is 3. The monoisotopic (exact) mass is 519 g/mol. The molecule has 0 radical (unpaired) electrons. The second-order valence-corrected chi connectivity index (χ2v) is 6.69. The third-order valence-corrected chi connectivity index (χ3v) is 4.46. The van der Waals surface area contributed by atoms with Crippen molar-refractivity contribution < 1.29 is 77.1 Å². The highest BCUT2D eigenvalue weighted by Crippen LogP contribution is 2.61. The fourth-order valence-electron chi connectivity index (χ4n) is 2.47. The first-order chi connectivity index (χ1) is 14.6. The molecule has 192 valence electrons. The van der Waals surface area contributed by atoms with E-state index in [-0.39, 0.29) is 11.0 Å². The number of halogens is 13. The van der Waals surface area contributed by atoms with Crippen LogP contribution in [0.3, 0.4) is 0 Å². The van der Waals surface area contributed by atoms with E-state index < -0.39 is 72.8 Å². The van der Waals surface area contributed by atoms with E-state index in [0.29, 0.717) is 0 Å². The zero-order valence-corrected chi connectivity index (χ0v) is 15.1. The Balaban J connectivity index is 2.47. The van der Waals surface area contributed by atoms with Gasteiger partial charge in [0.1, 0.15) is 24.6 Å². The van der Waals surface area contributed by atoms with Crippen LogP contribution in [-0.2, 0) is 10.7 Å². The lowest BCUT2D eigenvalue weighted by Crippen LogP contribution is -2.69. The number of aliphatic hydroxyl groups excluding tert-OH is 3. The van der Waals surface area contributed by atoms with E-state index in [1.54, 1.807) is 0 Å². The molecule has 1 aliphatic heterocycles. The summed E-state index contributed by atoms with van der Waals surface area (Å²) in [5.74, 6) is -41.1. The Kier molecular flexibility index (Phi) is 6.46. The summed E-state index contributed by atoms with van der Waals surface area (Å²) in [6.07, 6.45) is -15.6. The molecule has 1 aromatic heterocycles. The quantitative estimate of drug-likeness (QED) is 0.498. The number of alkyl halides is 13. The smallest absolute Gasteiger partial charge is 0.388 e. The molecule has 1 saturated heterocycles. The van der Waals surface area contributed by atoms with E-state index in [9.17, 15) is 72.4 Å². The Bertz CT molecular complexity index is 859. The molecule has 3 N–H and O–H groups in total. The molecule has 33 heavy (non-hydrogen) atoms. The summed E-state index contributed by atoms with van der Waals surface area (Å²) in [5.41, 5.74) is 0. The van der Waals surface area contributed by atoms with Gasteiger partial charge in [-0.05, 0) is 0 Å². The summed E-state index contributed by atoms with van der Waals surface area (Å²) in [6.45, 7) is -0.818. The topological polar surface area (TPSA) is 101 Å². The zero-order valence-electron chi connectivity index (χ0n) is 15.1. The first kappa shape index (κ1) is 27.3. The standard InChI is InChI=1S/C13H10F13N3O4/c14-8(15,7-27-2-29(28-7)6-5(32)4(31)3(30)1-33-6)9(16,17)10(18,19)11(20,21)12(22,23)13(24,25)26/h2-6,30-32H,1H2/t3-,4+,5-,6-/m1/s1. The molecular formula is C13H10F13N3O4. The third-order valence-electron chi connectivity index (χ3n) is 4.46. The minimum atomic E-state index is -8.07. The van der Waals surface area contributed by atoms with Crippen LogP contribution in [-0.4, -0.2) is 84.9 Å². The van der Waals surface area contributed by atoms with Crippen LogP contribution in [0, 0.1) is 0 Å². The lowest BCUT2D eigenvalue weighted by atomic mass is 9.93. The molecule has 0 amide bonds. The van der Waals surface area contributed by atoms with Gasteiger partial charge in [0.05, 0.1) is 6.61 Å². The molecule has 1 aromatic rings. The normalized spacial score (nSPS) is 26.5. The van der Waals surface area contributed by atoms with Gasteiger partial charge in [0.25, 0.3) is 0 Å². The van der Waals surface area contributed by atoms with Crippen molar-refractivity contribution in [1.82, 2.24) is 14.8 Å². The highest BCUT2D eigenvalue weighted by Gasteiger charge is 2.91. The second kappa shape index (κ2) is 7.80. The lowest BCUT2D eigenvalue weighted by Gasteiger charge is -2.39. The number of aliphatic hydroxyl groups is 3. The van der Waals surface area contributed by atoms with Gasteiger partial charge >= 0.3 is 35.8 Å². The van der Waals surface area contributed by atoms with Crippen molar-refractivity contribution in [2.24, 2.45) is 0 Å². The van der Waals surface area contributed by atoms with Crippen LogP contribution in [0.4, 0.5) is 57.1 Å². The molecule has 0 saturated carbocycles. The van der Waals surface area contributed by atoms with E-state index in [2.05, 4.69) is 14.8 Å². The first-order valence-electron chi connectivity index (χ1n) is 8.09. The Labute approximate surface area is 172 Å². The van der Waals surface area contributed by atoms with Crippen molar-refractivity contribution in [3.05, 3.63) is 12.2 Å². The van der Waals surface area contributed by atoms with Gasteiger partial charge in [-0.1, -0.05) is 0 Å². The van der Waals surface area contributed by atoms with Crippen molar-refractivity contribution in [2.45, 2.75) is 60.3 Å². The first-order valence-corrected chi connectivity index (χ1v) is 8.09. The summed E-state index contributed by atoms with van der Waals surface area (Å²) >= 11 is 0.